The molecule has 4 rings (SSSR count). The highest BCUT2D eigenvalue weighted by Gasteiger charge is 2.32. The SMILES string of the molecule is O=C(NC1CCCC1)[C@H](Cc1ccccc1)N(Cc1ccccc1Cl)C(=O)CCSc1ccc(Cl)cc1. The lowest BCUT2D eigenvalue weighted by atomic mass is 10.0. The summed E-state index contributed by atoms with van der Waals surface area (Å²) in [6, 6.07) is 24.5. The molecule has 3 aromatic rings. The van der Waals surface area contributed by atoms with Crippen LogP contribution >= 0.6 is 35.0 Å². The topological polar surface area (TPSA) is 49.4 Å². The summed E-state index contributed by atoms with van der Waals surface area (Å²) in [7, 11) is 0. The van der Waals surface area contributed by atoms with Crippen LogP contribution in [0.25, 0.3) is 0 Å². The van der Waals surface area contributed by atoms with Gasteiger partial charge in [0, 0.05) is 46.1 Å². The smallest absolute Gasteiger partial charge is 0.243 e. The van der Waals surface area contributed by atoms with Gasteiger partial charge >= 0.3 is 0 Å². The molecular weight excluding hydrogens is 523 g/mol. The van der Waals surface area contributed by atoms with E-state index in [1.54, 1.807) is 16.7 Å². The van der Waals surface area contributed by atoms with Crippen LogP contribution in [0.2, 0.25) is 10.0 Å². The number of nitrogens with one attached hydrogen (secondary N) is 1. The zero-order chi connectivity index (χ0) is 26.0. The van der Waals surface area contributed by atoms with Crippen LogP contribution in [0.1, 0.15) is 43.2 Å². The molecule has 37 heavy (non-hydrogen) atoms. The van der Waals surface area contributed by atoms with E-state index >= 15 is 0 Å². The highest BCUT2D eigenvalue weighted by Crippen LogP contribution is 2.25. The number of halogens is 2. The molecule has 1 fully saturated rings. The molecule has 7 heteroatoms. The molecule has 0 spiro atoms. The standard InChI is InChI=1S/C30H32Cl2N2O2S/c31-24-14-16-26(17-15-24)37-19-18-29(35)34(21-23-10-4-7-13-27(23)32)28(20-22-8-2-1-3-9-22)30(36)33-25-11-5-6-12-25/h1-4,7-10,13-17,25,28H,5-6,11-12,18-21H2,(H,33,36)/t28-/m0/s1. The van der Waals surface area contributed by atoms with E-state index in [2.05, 4.69) is 5.32 Å². The largest absolute Gasteiger partial charge is 0.352 e. The number of nitrogens with zero attached hydrogens (tertiary/aromatic N) is 1. The van der Waals surface area contributed by atoms with Crippen LogP contribution in [0, 0.1) is 0 Å². The third-order valence-electron chi connectivity index (χ3n) is 6.67. The number of carbonyl (C=O) groups is 2. The zero-order valence-corrected chi connectivity index (χ0v) is 23.1. The van der Waals surface area contributed by atoms with E-state index in [9.17, 15) is 9.59 Å². The summed E-state index contributed by atoms with van der Waals surface area (Å²) in [5, 5.41) is 4.51. The molecule has 0 radical (unpaired) electrons. The Bertz CT molecular complexity index is 1170. The van der Waals surface area contributed by atoms with Crippen molar-refractivity contribution in [3.8, 4) is 0 Å². The van der Waals surface area contributed by atoms with E-state index in [0.29, 0.717) is 28.6 Å². The minimum absolute atomic E-state index is 0.0658. The summed E-state index contributed by atoms with van der Waals surface area (Å²) in [5.41, 5.74) is 1.84. The van der Waals surface area contributed by atoms with Gasteiger partial charge in [0.1, 0.15) is 6.04 Å². The maximum Gasteiger partial charge on any atom is 0.243 e. The van der Waals surface area contributed by atoms with Gasteiger partial charge in [0.2, 0.25) is 11.8 Å². The average molecular weight is 556 g/mol. The molecule has 1 aliphatic rings. The van der Waals surface area contributed by atoms with Crippen molar-refractivity contribution in [1.82, 2.24) is 10.2 Å². The van der Waals surface area contributed by atoms with E-state index in [4.69, 9.17) is 23.2 Å². The van der Waals surface area contributed by atoms with E-state index in [1.165, 1.54) is 0 Å². The van der Waals surface area contributed by atoms with Gasteiger partial charge in [0.05, 0.1) is 0 Å². The second kappa shape index (κ2) is 13.9. The average Bonchev–Trinajstić information content (AvgIpc) is 3.42. The first-order valence-electron chi connectivity index (χ1n) is 12.7. The zero-order valence-electron chi connectivity index (χ0n) is 20.7. The van der Waals surface area contributed by atoms with Gasteiger partial charge in [0.15, 0.2) is 0 Å². The summed E-state index contributed by atoms with van der Waals surface area (Å²) in [6.07, 6.45) is 4.97. The van der Waals surface area contributed by atoms with Gasteiger partial charge in [0.25, 0.3) is 0 Å². The molecule has 2 amide bonds. The lowest BCUT2D eigenvalue weighted by Crippen LogP contribution is -2.52. The number of rotatable bonds is 11. The fourth-order valence-corrected chi connectivity index (χ4v) is 5.82. The summed E-state index contributed by atoms with van der Waals surface area (Å²) >= 11 is 14.1. The van der Waals surface area contributed by atoms with E-state index in [1.807, 2.05) is 78.9 Å². The third kappa shape index (κ3) is 8.26. The number of benzene rings is 3. The molecule has 1 aliphatic carbocycles. The van der Waals surface area contributed by atoms with Crippen molar-refractivity contribution in [2.75, 3.05) is 5.75 Å². The first-order chi connectivity index (χ1) is 18.0. The van der Waals surface area contributed by atoms with Crippen LogP contribution in [0.3, 0.4) is 0 Å². The first-order valence-corrected chi connectivity index (χ1v) is 14.5. The molecular formula is C30H32Cl2N2O2S. The molecule has 194 valence electrons. The van der Waals surface area contributed by atoms with Gasteiger partial charge < -0.3 is 10.2 Å². The van der Waals surface area contributed by atoms with Crippen molar-refractivity contribution < 1.29 is 9.59 Å². The van der Waals surface area contributed by atoms with E-state index in [-0.39, 0.29) is 24.4 Å². The van der Waals surface area contributed by atoms with Crippen molar-refractivity contribution >= 4 is 46.8 Å². The fourth-order valence-electron chi connectivity index (χ4n) is 4.66. The molecule has 3 aromatic carbocycles. The number of carbonyl (C=O) groups excluding carboxylic acids is 2. The van der Waals surface area contributed by atoms with Crippen molar-refractivity contribution in [3.63, 3.8) is 0 Å². The minimum atomic E-state index is -0.632. The molecule has 1 N–H and O–H groups in total. The number of hydrogen-bond acceptors (Lipinski definition) is 3. The van der Waals surface area contributed by atoms with Crippen molar-refractivity contribution in [2.45, 2.75) is 62.0 Å². The Balaban J connectivity index is 1.56. The first kappa shape index (κ1) is 27.6. The van der Waals surface area contributed by atoms with Crippen molar-refractivity contribution in [3.05, 3.63) is 100 Å². The van der Waals surface area contributed by atoms with Gasteiger partial charge in [-0.05, 0) is 54.3 Å². The summed E-state index contributed by atoms with van der Waals surface area (Å²) < 4.78 is 0. The van der Waals surface area contributed by atoms with Gasteiger partial charge in [-0.15, -0.1) is 11.8 Å². The van der Waals surface area contributed by atoms with Gasteiger partial charge in [-0.25, -0.2) is 0 Å². The number of amides is 2. The van der Waals surface area contributed by atoms with E-state index < -0.39 is 6.04 Å². The Kier molecular flexibility index (Phi) is 10.4. The summed E-state index contributed by atoms with van der Waals surface area (Å²) in [5.74, 6) is 0.437. The quantitative estimate of drug-likeness (QED) is 0.255. The Morgan fingerprint density at radius 3 is 2.30 bits per heavy atom. The second-order valence-corrected chi connectivity index (χ2v) is 11.4. The molecule has 0 aromatic heterocycles. The van der Waals surface area contributed by atoms with Crippen LogP contribution in [0.4, 0.5) is 0 Å². The third-order valence-corrected chi connectivity index (χ3v) is 8.30. The Morgan fingerprint density at radius 2 is 1.59 bits per heavy atom. The predicted octanol–water partition coefficient (Wildman–Crippen LogP) is 7.17. The Hall–Kier alpha value is -2.47. The molecule has 0 saturated heterocycles. The molecule has 1 saturated carbocycles. The second-order valence-electron chi connectivity index (χ2n) is 9.36. The Labute approximate surface area is 233 Å². The number of thioether (sulfide) groups is 1. The maximum atomic E-state index is 13.7. The lowest BCUT2D eigenvalue weighted by Gasteiger charge is -2.32. The van der Waals surface area contributed by atoms with Gasteiger partial charge in [-0.1, -0.05) is 84.6 Å². The molecule has 0 unspecified atom stereocenters. The highest BCUT2D eigenvalue weighted by atomic mass is 35.5. The molecule has 0 bridgehead atoms. The van der Waals surface area contributed by atoms with Crippen LogP contribution in [-0.4, -0.2) is 34.6 Å². The Morgan fingerprint density at radius 1 is 0.919 bits per heavy atom. The van der Waals surface area contributed by atoms with Crippen LogP contribution in [0.5, 0.6) is 0 Å². The van der Waals surface area contributed by atoms with Crippen LogP contribution in [0.15, 0.2) is 83.8 Å². The summed E-state index contributed by atoms with van der Waals surface area (Å²) in [4.78, 5) is 30.2. The molecule has 0 heterocycles. The van der Waals surface area contributed by atoms with Crippen LogP contribution < -0.4 is 5.32 Å². The number of hydrogen-bond donors (Lipinski definition) is 1. The van der Waals surface area contributed by atoms with Crippen molar-refractivity contribution in [2.24, 2.45) is 0 Å². The minimum Gasteiger partial charge on any atom is -0.352 e. The van der Waals surface area contributed by atoms with E-state index in [0.717, 1.165) is 41.7 Å². The molecule has 0 aliphatic heterocycles. The maximum absolute atomic E-state index is 13.7. The normalized spacial score (nSPS) is 14.3. The van der Waals surface area contributed by atoms with Gasteiger partial charge in [-0.3, -0.25) is 9.59 Å². The van der Waals surface area contributed by atoms with Gasteiger partial charge in [-0.2, -0.15) is 0 Å². The molecule has 1 atom stereocenters. The van der Waals surface area contributed by atoms with Crippen LogP contribution in [-0.2, 0) is 22.6 Å². The lowest BCUT2D eigenvalue weighted by molar-refractivity contribution is -0.141. The molecule has 4 nitrogen and oxygen atoms in total. The van der Waals surface area contributed by atoms with Crippen molar-refractivity contribution in [1.29, 1.82) is 0 Å². The fraction of sp³-hybridized carbons (Fsp3) is 0.333. The predicted molar refractivity (Wildman–Crippen MR) is 153 cm³/mol. The monoisotopic (exact) mass is 554 g/mol. The summed E-state index contributed by atoms with van der Waals surface area (Å²) in [6.45, 7) is 0.277. The highest BCUT2D eigenvalue weighted by molar-refractivity contribution is 7.99.